The maximum Gasteiger partial charge on any atom is 0.253 e. The van der Waals surface area contributed by atoms with Gasteiger partial charge in [0.05, 0.1) is 4.90 Å². The number of nitrogens with zero attached hydrogens (tertiary/aromatic N) is 2. The first-order valence-corrected chi connectivity index (χ1v) is 11.8. The first kappa shape index (κ1) is 21.2. The Balaban J connectivity index is 1.55. The molecule has 1 aliphatic rings. The summed E-state index contributed by atoms with van der Waals surface area (Å²) >= 11 is 0. The van der Waals surface area contributed by atoms with Crippen LogP contribution in [0.5, 0.6) is 0 Å². The second kappa shape index (κ2) is 8.61. The SMILES string of the molecule is Cc1cc(-c2ccccc2)cc([C@H]2CCCN(C(=O)c3ccc(S(N)(=O)=O)cc3)C2)n1. The van der Waals surface area contributed by atoms with E-state index < -0.39 is 10.0 Å². The minimum absolute atomic E-state index is 0.00188. The number of primary sulfonamides is 1. The van der Waals surface area contributed by atoms with E-state index in [9.17, 15) is 13.2 Å². The van der Waals surface area contributed by atoms with E-state index in [2.05, 4.69) is 24.3 Å². The van der Waals surface area contributed by atoms with Crippen LogP contribution in [-0.4, -0.2) is 37.3 Å². The molecule has 4 rings (SSSR count). The van der Waals surface area contributed by atoms with E-state index in [1.54, 1.807) is 0 Å². The number of piperidine rings is 1. The monoisotopic (exact) mass is 435 g/mol. The van der Waals surface area contributed by atoms with Crippen molar-refractivity contribution in [2.75, 3.05) is 13.1 Å². The molecule has 0 spiro atoms. The molecule has 31 heavy (non-hydrogen) atoms. The number of pyridine rings is 1. The highest BCUT2D eigenvalue weighted by Crippen LogP contribution is 2.30. The molecule has 1 fully saturated rings. The number of amides is 1. The normalized spacial score (nSPS) is 16.8. The Morgan fingerprint density at radius 3 is 2.42 bits per heavy atom. The summed E-state index contributed by atoms with van der Waals surface area (Å²) in [6.45, 7) is 3.25. The fourth-order valence-electron chi connectivity index (χ4n) is 4.07. The summed E-state index contributed by atoms with van der Waals surface area (Å²) in [7, 11) is -3.78. The lowest BCUT2D eigenvalue weighted by Gasteiger charge is -2.33. The van der Waals surface area contributed by atoms with Crippen molar-refractivity contribution in [3.8, 4) is 11.1 Å². The average Bonchev–Trinajstić information content (AvgIpc) is 2.78. The Morgan fingerprint density at radius 1 is 1.03 bits per heavy atom. The Hall–Kier alpha value is -3.03. The van der Waals surface area contributed by atoms with Gasteiger partial charge in [-0.2, -0.15) is 0 Å². The molecule has 7 heteroatoms. The van der Waals surface area contributed by atoms with Crippen LogP contribution in [0.3, 0.4) is 0 Å². The number of hydrogen-bond donors (Lipinski definition) is 1. The number of rotatable bonds is 4. The third-order valence-corrected chi connectivity index (χ3v) is 6.57. The molecule has 0 unspecified atom stereocenters. The molecule has 0 aliphatic carbocycles. The zero-order valence-corrected chi connectivity index (χ0v) is 18.2. The number of aromatic nitrogens is 1. The van der Waals surface area contributed by atoms with Crippen molar-refractivity contribution >= 4 is 15.9 Å². The van der Waals surface area contributed by atoms with Crippen molar-refractivity contribution in [3.63, 3.8) is 0 Å². The van der Waals surface area contributed by atoms with Crippen LogP contribution in [0.4, 0.5) is 0 Å². The lowest BCUT2D eigenvalue weighted by Crippen LogP contribution is -2.39. The maximum atomic E-state index is 13.0. The van der Waals surface area contributed by atoms with Crippen LogP contribution in [0.25, 0.3) is 11.1 Å². The lowest BCUT2D eigenvalue weighted by atomic mass is 9.92. The topological polar surface area (TPSA) is 93.4 Å². The van der Waals surface area contributed by atoms with Crippen LogP contribution in [0.15, 0.2) is 71.6 Å². The zero-order valence-electron chi connectivity index (χ0n) is 17.4. The summed E-state index contributed by atoms with van der Waals surface area (Å²) in [4.78, 5) is 19.6. The number of benzene rings is 2. The highest BCUT2D eigenvalue weighted by atomic mass is 32.2. The Bertz CT molecular complexity index is 1190. The third kappa shape index (κ3) is 4.84. The van der Waals surface area contributed by atoms with E-state index in [1.165, 1.54) is 24.3 Å². The summed E-state index contributed by atoms with van der Waals surface area (Å²) in [5, 5.41) is 5.14. The molecular formula is C24H25N3O3S. The van der Waals surface area contributed by atoms with Crippen LogP contribution in [0, 0.1) is 6.92 Å². The predicted octanol–water partition coefficient (Wildman–Crippen LogP) is 3.72. The number of aryl methyl sites for hydroxylation is 1. The Labute approximate surface area is 182 Å². The molecule has 2 N–H and O–H groups in total. The van der Waals surface area contributed by atoms with Crippen molar-refractivity contribution in [2.45, 2.75) is 30.6 Å². The number of carbonyl (C=O) groups is 1. The standard InChI is InChI=1S/C24H25N3O3S/c1-17-14-21(18-6-3-2-4-7-18)15-23(26-17)20-8-5-13-27(16-20)24(28)19-9-11-22(12-10-19)31(25,29)30/h2-4,6-7,9-12,14-15,20H,5,8,13,16H2,1H3,(H2,25,29,30)/t20-/m0/s1. The molecule has 1 amide bonds. The molecular weight excluding hydrogens is 410 g/mol. The fourth-order valence-corrected chi connectivity index (χ4v) is 4.59. The van der Waals surface area contributed by atoms with E-state index in [-0.39, 0.29) is 16.7 Å². The predicted molar refractivity (Wildman–Crippen MR) is 120 cm³/mol. The summed E-state index contributed by atoms with van der Waals surface area (Å²) in [5.41, 5.74) is 4.69. The van der Waals surface area contributed by atoms with Gasteiger partial charge in [-0.1, -0.05) is 30.3 Å². The molecule has 2 heterocycles. The molecule has 0 radical (unpaired) electrons. The maximum absolute atomic E-state index is 13.0. The smallest absolute Gasteiger partial charge is 0.253 e. The van der Waals surface area contributed by atoms with Gasteiger partial charge in [0.15, 0.2) is 0 Å². The lowest BCUT2D eigenvalue weighted by molar-refractivity contribution is 0.0706. The molecule has 1 saturated heterocycles. The largest absolute Gasteiger partial charge is 0.338 e. The Kier molecular flexibility index (Phi) is 5.89. The van der Waals surface area contributed by atoms with Crippen LogP contribution in [0.1, 0.15) is 40.5 Å². The second-order valence-corrected chi connectivity index (χ2v) is 9.51. The van der Waals surface area contributed by atoms with Crippen molar-refractivity contribution in [3.05, 3.63) is 83.7 Å². The summed E-state index contributed by atoms with van der Waals surface area (Å²) in [6, 6.07) is 20.2. The van der Waals surface area contributed by atoms with Gasteiger partial charge in [0.1, 0.15) is 0 Å². The molecule has 160 valence electrons. The average molecular weight is 436 g/mol. The van der Waals surface area contributed by atoms with Gasteiger partial charge >= 0.3 is 0 Å². The highest BCUT2D eigenvalue weighted by Gasteiger charge is 2.27. The number of nitrogens with two attached hydrogens (primary N) is 1. The van der Waals surface area contributed by atoms with Crippen molar-refractivity contribution in [1.82, 2.24) is 9.88 Å². The molecule has 0 bridgehead atoms. The third-order valence-electron chi connectivity index (χ3n) is 5.64. The van der Waals surface area contributed by atoms with Crippen LogP contribution in [-0.2, 0) is 10.0 Å². The number of likely N-dealkylation sites (tertiary alicyclic amines) is 1. The molecule has 6 nitrogen and oxygen atoms in total. The van der Waals surface area contributed by atoms with Gasteiger partial charge < -0.3 is 4.90 Å². The van der Waals surface area contributed by atoms with Gasteiger partial charge in [0.2, 0.25) is 10.0 Å². The van der Waals surface area contributed by atoms with Gasteiger partial charge in [0, 0.05) is 36.0 Å². The fraction of sp³-hybridized carbons (Fsp3) is 0.250. The zero-order chi connectivity index (χ0) is 22.0. The second-order valence-electron chi connectivity index (χ2n) is 7.95. The van der Waals surface area contributed by atoms with Crippen molar-refractivity contribution in [1.29, 1.82) is 0 Å². The molecule has 0 saturated carbocycles. The van der Waals surface area contributed by atoms with Gasteiger partial charge in [-0.15, -0.1) is 0 Å². The van der Waals surface area contributed by atoms with Crippen molar-refractivity contribution < 1.29 is 13.2 Å². The van der Waals surface area contributed by atoms with Crippen LogP contribution < -0.4 is 5.14 Å². The quantitative estimate of drug-likeness (QED) is 0.676. The van der Waals surface area contributed by atoms with Crippen LogP contribution >= 0.6 is 0 Å². The first-order chi connectivity index (χ1) is 14.8. The van der Waals surface area contributed by atoms with Crippen molar-refractivity contribution in [2.24, 2.45) is 5.14 Å². The summed E-state index contributed by atoms with van der Waals surface area (Å²) < 4.78 is 22.9. The van der Waals surface area contributed by atoms with Gasteiger partial charge in [-0.25, -0.2) is 13.6 Å². The molecule has 1 aromatic heterocycles. The van der Waals surface area contributed by atoms with Crippen LogP contribution in [0.2, 0.25) is 0 Å². The first-order valence-electron chi connectivity index (χ1n) is 10.3. The number of sulfonamides is 1. The highest BCUT2D eigenvalue weighted by molar-refractivity contribution is 7.89. The number of carbonyl (C=O) groups excluding carboxylic acids is 1. The van der Waals surface area contributed by atoms with E-state index in [0.29, 0.717) is 18.7 Å². The van der Waals surface area contributed by atoms with Gasteiger partial charge in [-0.3, -0.25) is 9.78 Å². The van der Waals surface area contributed by atoms with Gasteiger partial charge in [-0.05, 0) is 67.3 Å². The molecule has 1 aliphatic heterocycles. The van der Waals surface area contributed by atoms with E-state index >= 15 is 0 Å². The van der Waals surface area contributed by atoms with E-state index in [0.717, 1.165) is 35.4 Å². The molecule has 2 aromatic carbocycles. The molecule has 3 aromatic rings. The van der Waals surface area contributed by atoms with Gasteiger partial charge in [0.25, 0.3) is 5.91 Å². The molecule has 1 atom stereocenters. The summed E-state index contributed by atoms with van der Waals surface area (Å²) in [6.07, 6.45) is 1.86. The minimum atomic E-state index is -3.78. The number of hydrogen-bond acceptors (Lipinski definition) is 4. The summed E-state index contributed by atoms with van der Waals surface area (Å²) in [5.74, 6) is 0.0466. The minimum Gasteiger partial charge on any atom is -0.338 e. The van der Waals surface area contributed by atoms with E-state index in [1.807, 2.05) is 30.0 Å². The van der Waals surface area contributed by atoms with E-state index in [4.69, 9.17) is 10.1 Å². The Morgan fingerprint density at radius 2 is 1.74 bits per heavy atom.